The van der Waals surface area contributed by atoms with Crippen LogP contribution in [0.25, 0.3) is 0 Å². The van der Waals surface area contributed by atoms with Gasteiger partial charge in [0, 0.05) is 12.1 Å². The summed E-state index contributed by atoms with van der Waals surface area (Å²) in [6.45, 7) is 11.4. The Morgan fingerprint density at radius 1 is 1.27 bits per heavy atom. The second kappa shape index (κ2) is 6.97. The molecule has 2 N–H and O–H groups in total. The molecule has 0 bridgehead atoms. The number of carbonyl (C=O) groups is 1. The third-order valence-corrected chi connectivity index (χ3v) is 5.42. The molecular formula is C16H31NO4S. The largest absolute Gasteiger partial charge is 0.460 e. The minimum atomic E-state index is -1.19. The van der Waals surface area contributed by atoms with Crippen molar-refractivity contribution >= 4 is 17.0 Å². The predicted molar refractivity (Wildman–Crippen MR) is 88.7 cm³/mol. The maximum Gasteiger partial charge on any atom is 0.309 e. The summed E-state index contributed by atoms with van der Waals surface area (Å²) in [6, 6.07) is 0. The molecule has 1 aliphatic rings. The normalized spacial score (nSPS) is 27.1. The highest BCUT2D eigenvalue weighted by atomic mass is 32.2. The van der Waals surface area contributed by atoms with Gasteiger partial charge in [0.15, 0.2) is 0 Å². The van der Waals surface area contributed by atoms with Crippen LogP contribution in [0, 0.1) is 5.92 Å². The molecule has 1 rings (SSSR count). The van der Waals surface area contributed by atoms with Gasteiger partial charge < -0.3 is 9.84 Å². The molecule has 0 aromatic rings. The average molecular weight is 333 g/mol. The molecule has 1 atom stereocenters. The highest BCUT2D eigenvalue weighted by Gasteiger charge is 2.49. The van der Waals surface area contributed by atoms with E-state index in [9.17, 15) is 9.00 Å². The lowest BCUT2D eigenvalue weighted by Gasteiger charge is -2.48. The SMILES string of the molecule is CC(C)(C)OC(=O)C1CC(CCCO)(NS(=O)C(C)(C)C)C1. The number of nitrogens with one attached hydrogen (secondary N) is 1. The van der Waals surface area contributed by atoms with Gasteiger partial charge in [-0.3, -0.25) is 4.79 Å². The Morgan fingerprint density at radius 3 is 2.23 bits per heavy atom. The van der Waals surface area contributed by atoms with Crippen LogP contribution in [0.3, 0.4) is 0 Å². The van der Waals surface area contributed by atoms with Crippen molar-refractivity contribution in [1.82, 2.24) is 4.72 Å². The van der Waals surface area contributed by atoms with E-state index in [4.69, 9.17) is 9.84 Å². The topological polar surface area (TPSA) is 75.6 Å². The van der Waals surface area contributed by atoms with E-state index >= 15 is 0 Å². The molecule has 0 saturated heterocycles. The first kappa shape index (κ1) is 19.6. The Bertz CT molecular complexity index is 417. The number of carbonyl (C=O) groups excluding carboxylic acids is 1. The molecule has 0 radical (unpaired) electrons. The molecule has 0 amide bonds. The third kappa shape index (κ3) is 5.63. The first-order valence-electron chi connectivity index (χ1n) is 7.92. The fourth-order valence-electron chi connectivity index (χ4n) is 2.54. The van der Waals surface area contributed by atoms with E-state index in [0.717, 1.165) is 0 Å². The van der Waals surface area contributed by atoms with Crippen molar-refractivity contribution in [1.29, 1.82) is 0 Å². The van der Waals surface area contributed by atoms with E-state index < -0.39 is 16.6 Å². The smallest absolute Gasteiger partial charge is 0.309 e. The Morgan fingerprint density at radius 2 is 1.82 bits per heavy atom. The molecule has 6 heteroatoms. The van der Waals surface area contributed by atoms with Crippen LogP contribution in [0.4, 0.5) is 0 Å². The lowest BCUT2D eigenvalue weighted by molar-refractivity contribution is -0.166. The van der Waals surface area contributed by atoms with E-state index in [1.54, 1.807) is 0 Å². The number of aliphatic hydroxyl groups excluding tert-OH is 1. The van der Waals surface area contributed by atoms with E-state index in [-0.39, 0.29) is 28.8 Å². The molecule has 0 aromatic heterocycles. The monoisotopic (exact) mass is 333 g/mol. The van der Waals surface area contributed by atoms with Gasteiger partial charge in [-0.15, -0.1) is 0 Å². The maximum absolute atomic E-state index is 12.4. The van der Waals surface area contributed by atoms with Gasteiger partial charge in [0.1, 0.15) is 5.60 Å². The molecule has 0 aliphatic heterocycles. The lowest BCUT2D eigenvalue weighted by Crippen LogP contribution is -2.60. The van der Waals surface area contributed by atoms with E-state index in [1.165, 1.54) is 0 Å². The van der Waals surface area contributed by atoms with Crippen molar-refractivity contribution in [2.75, 3.05) is 6.61 Å². The van der Waals surface area contributed by atoms with E-state index in [0.29, 0.717) is 25.7 Å². The first-order valence-corrected chi connectivity index (χ1v) is 9.07. The summed E-state index contributed by atoms with van der Waals surface area (Å²) in [4.78, 5) is 12.1. The van der Waals surface area contributed by atoms with Crippen molar-refractivity contribution in [3.05, 3.63) is 0 Å². The van der Waals surface area contributed by atoms with Crippen molar-refractivity contribution in [3.8, 4) is 0 Å². The predicted octanol–water partition coefficient (Wildman–Crippen LogP) is 2.30. The van der Waals surface area contributed by atoms with Gasteiger partial charge in [-0.2, -0.15) is 0 Å². The molecule has 130 valence electrons. The molecule has 1 aliphatic carbocycles. The van der Waals surface area contributed by atoms with Gasteiger partial charge >= 0.3 is 5.97 Å². The minimum absolute atomic E-state index is 0.0999. The zero-order chi connectivity index (χ0) is 17.2. The van der Waals surface area contributed by atoms with Gasteiger partial charge in [0.2, 0.25) is 0 Å². The Balaban J connectivity index is 2.67. The zero-order valence-corrected chi connectivity index (χ0v) is 15.5. The summed E-state index contributed by atoms with van der Waals surface area (Å²) in [6.07, 6.45) is 2.58. The second-order valence-electron chi connectivity index (χ2n) is 8.23. The van der Waals surface area contributed by atoms with Crippen molar-refractivity contribution in [3.63, 3.8) is 0 Å². The number of hydrogen-bond acceptors (Lipinski definition) is 4. The molecular weight excluding hydrogens is 302 g/mol. The molecule has 22 heavy (non-hydrogen) atoms. The van der Waals surface area contributed by atoms with Crippen molar-refractivity contribution in [2.24, 2.45) is 5.92 Å². The van der Waals surface area contributed by atoms with Crippen LogP contribution in [-0.4, -0.2) is 37.8 Å². The fourth-order valence-corrected chi connectivity index (χ4v) is 3.51. The van der Waals surface area contributed by atoms with Gasteiger partial charge in [-0.05, 0) is 67.2 Å². The standard InChI is InChI=1S/C16H31NO4S/c1-14(2,3)21-13(19)12-10-16(11-12,8-7-9-18)17-22(20)15(4,5)6/h12,17-18H,7-11H2,1-6H3. The molecule has 1 unspecified atom stereocenters. The minimum Gasteiger partial charge on any atom is -0.460 e. The molecule has 0 spiro atoms. The summed E-state index contributed by atoms with van der Waals surface area (Å²) in [7, 11) is -1.19. The first-order chi connectivity index (χ1) is 9.88. The quantitative estimate of drug-likeness (QED) is 0.731. The van der Waals surface area contributed by atoms with Crippen LogP contribution in [0.15, 0.2) is 0 Å². The number of esters is 1. The van der Waals surface area contributed by atoms with Crippen LogP contribution < -0.4 is 4.72 Å². The third-order valence-electron chi connectivity index (χ3n) is 3.69. The fraction of sp³-hybridized carbons (Fsp3) is 0.938. The summed E-state index contributed by atoms with van der Waals surface area (Å²) < 4.78 is 20.6. The Kier molecular flexibility index (Phi) is 6.21. The summed E-state index contributed by atoms with van der Waals surface area (Å²) >= 11 is 0. The average Bonchev–Trinajstić information content (AvgIpc) is 2.27. The lowest BCUT2D eigenvalue weighted by atomic mass is 9.66. The van der Waals surface area contributed by atoms with E-state index in [2.05, 4.69) is 4.72 Å². The summed E-state index contributed by atoms with van der Waals surface area (Å²) in [5.41, 5.74) is -0.815. The maximum atomic E-state index is 12.4. The van der Waals surface area contributed by atoms with E-state index in [1.807, 2.05) is 41.5 Å². The van der Waals surface area contributed by atoms with Gasteiger partial charge in [-0.1, -0.05) is 0 Å². The number of ether oxygens (including phenoxy) is 1. The highest BCUT2D eigenvalue weighted by molar-refractivity contribution is 7.84. The highest BCUT2D eigenvalue weighted by Crippen LogP contribution is 2.43. The van der Waals surface area contributed by atoms with Crippen LogP contribution in [0.1, 0.15) is 67.2 Å². The van der Waals surface area contributed by atoms with Crippen LogP contribution in [0.5, 0.6) is 0 Å². The number of hydrogen-bond donors (Lipinski definition) is 2. The zero-order valence-electron chi connectivity index (χ0n) is 14.7. The van der Waals surface area contributed by atoms with Gasteiger partial charge in [0.25, 0.3) is 0 Å². The summed E-state index contributed by atoms with van der Waals surface area (Å²) in [5, 5.41) is 9.08. The second-order valence-corrected chi connectivity index (χ2v) is 10.2. The molecule has 1 fully saturated rings. The Labute approximate surface area is 136 Å². The molecule has 0 aromatic carbocycles. The van der Waals surface area contributed by atoms with Crippen molar-refractivity contribution < 1.29 is 18.8 Å². The number of aliphatic hydroxyl groups is 1. The van der Waals surface area contributed by atoms with Gasteiger partial charge in [0.05, 0.1) is 21.7 Å². The molecule has 5 nitrogen and oxygen atoms in total. The van der Waals surface area contributed by atoms with Crippen LogP contribution >= 0.6 is 0 Å². The Hall–Kier alpha value is -0.460. The molecule has 1 saturated carbocycles. The van der Waals surface area contributed by atoms with Gasteiger partial charge in [-0.25, -0.2) is 8.93 Å². The van der Waals surface area contributed by atoms with Crippen LogP contribution in [0.2, 0.25) is 0 Å². The van der Waals surface area contributed by atoms with Crippen molar-refractivity contribution in [2.45, 2.75) is 83.1 Å². The van der Waals surface area contributed by atoms with Crippen LogP contribution in [-0.2, 0) is 20.5 Å². The molecule has 0 heterocycles. The number of rotatable bonds is 6. The summed E-state index contributed by atoms with van der Waals surface area (Å²) in [5.74, 6) is -0.335.